The quantitative estimate of drug-likeness (QED) is 0.296. The van der Waals surface area contributed by atoms with Gasteiger partial charge in [-0.05, 0) is 48.7 Å². The van der Waals surface area contributed by atoms with Crippen LogP contribution in [0.3, 0.4) is 0 Å². The van der Waals surface area contributed by atoms with E-state index in [2.05, 4.69) is 6.92 Å². The van der Waals surface area contributed by atoms with Gasteiger partial charge in [0, 0.05) is 0 Å². The smallest absolute Gasteiger partial charge is 0.744 e. The Morgan fingerprint density at radius 2 is 1.43 bits per heavy atom. The molecular formula is C22H29KO4S. The first-order chi connectivity index (χ1) is 13.0. The van der Waals surface area contributed by atoms with E-state index in [4.69, 9.17) is 4.74 Å². The molecule has 0 fully saturated rings. The van der Waals surface area contributed by atoms with Gasteiger partial charge < -0.3 is 9.29 Å². The number of hydrogen-bond donors (Lipinski definition) is 0. The zero-order chi connectivity index (χ0) is 19.5. The van der Waals surface area contributed by atoms with E-state index < -0.39 is 10.1 Å². The molecule has 0 radical (unpaired) electrons. The van der Waals surface area contributed by atoms with Gasteiger partial charge in [-0.25, -0.2) is 8.42 Å². The summed E-state index contributed by atoms with van der Waals surface area (Å²) in [6, 6.07) is 13.4. The predicted octanol–water partition coefficient (Wildman–Crippen LogP) is 3.07. The van der Waals surface area contributed by atoms with Crippen LogP contribution in [0, 0.1) is 0 Å². The average molecular weight is 429 g/mol. The maximum Gasteiger partial charge on any atom is 1.00 e. The minimum Gasteiger partial charge on any atom is -0.744 e. The molecular weight excluding hydrogens is 399 g/mol. The van der Waals surface area contributed by atoms with Gasteiger partial charge in [0.05, 0.1) is 4.90 Å². The minimum absolute atomic E-state index is 0. The molecule has 0 atom stereocenters. The molecule has 0 heterocycles. The molecule has 4 nitrogen and oxygen atoms in total. The maximum atomic E-state index is 11.1. The topological polar surface area (TPSA) is 66.4 Å². The van der Waals surface area contributed by atoms with Gasteiger partial charge in [0.2, 0.25) is 0 Å². The van der Waals surface area contributed by atoms with Gasteiger partial charge in [0.15, 0.2) is 0 Å². The van der Waals surface area contributed by atoms with E-state index in [-0.39, 0.29) is 56.3 Å². The molecule has 0 amide bonds. The van der Waals surface area contributed by atoms with E-state index in [1.165, 1.54) is 75.1 Å². The molecule has 0 unspecified atom stereocenters. The van der Waals surface area contributed by atoms with Crippen LogP contribution in [0.1, 0.15) is 63.9 Å². The molecule has 2 rings (SSSR count). The summed E-state index contributed by atoms with van der Waals surface area (Å²) in [6.07, 6.45) is 11.5. The Balaban J connectivity index is 0.00000392. The van der Waals surface area contributed by atoms with Crippen molar-refractivity contribution in [2.24, 2.45) is 0 Å². The Bertz CT molecular complexity index is 788. The Kier molecular flexibility index (Phi) is 12.8. The number of ether oxygens (including phenoxy) is 1. The van der Waals surface area contributed by atoms with Crippen LogP contribution >= 0.6 is 0 Å². The van der Waals surface area contributed by atoms with Crippen LogP contribution in [0.15, 0.2) is 53.4 Å². The Labute approximate surface area is 212 Å². The molecule has 2 aromatic carbocycles. The van der Waals surface area contributed by atoms with Crippen LogP contribution in [0.5, 0.6) is 11.5 Å². The molecule has 0 aromatic heterocycles. The first kappa shape index (κ1) is 25.8. The molecule has 0 saturated heterocycles. The second kappa shape index (κ2) is 13.9. The summed E-state index contributed by atoms with van der Waals surface area (Å²) in [5, 5.41) is 0. The predicted molar refractivity (Wildman–Crippen MR) is 107 cm³/mol. The first-order valence-corrected chi connectivity index (χ1v) is 11.2. The van der Waals surface area contributed by atoms with Crippen LogP contribution < -0.4 is 56.1 Å². The summed E-state index contributed by atoms with van der Waals surface area (Å²) in [4.78, 5) is -0.286. The van der Waals surface area contributed by atoms with Crippen molar-refractivity contribution in [1.29, 1.82) is 0 Å². The van der Waals surface area contributed by atoms with E-state index in [9.17, 15) is 13.0 Å². The molecule has 0 spiro atoms. The normalized spacial score (nSPS) is 11.1. The Morgan fingerprint density at radius 3 is 2.04 bits per heavy atom. The van der Waals surface area contributed by atoms with Crippen LogP contribution in [0.25, 0.3) is 0 Å². The maximum absolute atomic E-state index is 11.1. The van der Waals surface area contributed by atoms with E-state index >= 15 is 0 Å². The van der Waals surface area contributed by atoms with Gasteiger partial charge in [-0.2, -0.15) is 0 Å². The van der Waals surface area contributed by atoms with Crippen molar-refractivity contribution < 1.29 is 69.1 Å². The third-order valence-electron chi connectivity index (χ3n) is 4.57. The fraction of sp³-hybridized carbons (Fsp3) is 0.455. The average Bonchev–Trinajstić information content (AvgIpc) is 2.65. The minimum atomic E-state index is -4.48. The van der Waals surface area contributed by atoms with E-state index in [1.54, 1.807) is 6.07 Å². The van der Waals surface area contributed by atoms with Crippen molar-refractivity contribution in [3.05, 3.63) is 54.1 Å². The zero-order valence-corrected chi connectivity index (χ0v) is 21.0. The van der Waals surface area contributed by atoms with Crippen molar-refractivity contribution in [3.8, 4) is 11.5 Å². The van der Waals surface area contributed by atoms with Gasteiger partial charge in [0.25, 0.3) is 0 Å². The first-order valence-electron chi connectivity index (χ1n) is 9.82. The second-order valence-corrected chi connectivity index (χ2v) is 8.28. The summed E-state index contributed by atoms with van der Waals surface area (Å²) >= 11 is 0. The van der Waals surface area contributed by atoms with Crippen molar-refractivity contribution in [1.82, 2.24) is 0 Å². The van der Waals surface area contributed by atoms with Gasteiger partial charge in [-0.15, -0.1) is 0 Å². The van der Waals surface area contributed by atoms with Gasteiger partial charge >= 0.3 is 51.4 Å². The molecule has 2 aromatic rings. The third kappa shape index (κ3) is 10.0. The molecule has 0 bridgehead atoms. The van der Waals surface area contributed by atoms with Crippen LogP contribution in [0.4, 0.5) is 0 Å². The molecule has 0 aliphatic rings. The molecule has 0 aliphatic heterocycles. The summed E-state index contributed by atoms with van der Waals surface area (Å²) in [5.74, 6) is 0.956. The van der Waals surface area contributed by atoms with Crippen molar-refractivity contribution >= 4 is 10.1 Å². The molecule has 148 valence electrons. The Hall–Kier alpha value is -0.214. The van der Waals surface area contributed by atoms with Crippen molar-refractivity contribution in [3.63, 3.8) is 0 Å². The van der Waals surface area contributed by atoms with Gasteiger partial charge in [0.1, 0.15) is 21.6 Å². The van der Waals surface area contributed by atoms with E-state index in [0.29, 0.717) is 11.5 Å². The Morgan fingerprint density at radius 1 is 0.821 bits per heavy atom. The SMILES string of the molecule is CCCCCCCCCCc1ccc(Oc2cccc(S(=O)(=O)[O-])c2)cc1.[K+]. The fourth-order valence-corrected chi connectivity index (χ4v) is 3.52. The number of rotatable bonds is 12. The van der Waals surface area contributed by atoms with Crippen LogP contribution in [-0.2, 0) is 16.5 Å². The third-order valence-corrected chi connectivity index (χ3v) is 5.40. The second-order valence-electron chi connectivity index (χ2n) is 6.90. The monoisotopic (exact) mass is 428 g/mol. The van der Waals surface area contributed by atoms with Gasteiger partial charge in [-0.1, -0.05) is 70.1 Å². The number of unbranched alkanes of at least 4 members (excludes halogenated alkanes) is 7. The summed E-state index contributed by atoms with van der Waals surface area (Å²) in [6.45, 7) is 2.24. The molecule has 0 aliphatic carbocycles. The molecule has 0 saturated carbocycles. The van der Waals surface area contributed by atoms with Crippen molar-refractivity contribution in [2.75, 3.05) is 0 Å². The number of benzene rings is 2. The van der Waals surface area contributed by atoms with Crippen LogP contribution in [-0.4, -0.2) is 13.0 Å². The summed E-state index contributed by atoms with van der Waals surface area (Å²) in [7, 11) is -4.48. The molecule has 6 heteroatoms. The number of hydrogen-bond acceptors (Lipinski definition) is 4. The van der Waals surface area contributed by atoms with Crippen LogP contribution in [0.2, 0.25) is 0 Å². The fourth-order valence-electron chi connectivity index (χ4n) is 3.02. The van der Waals surface area contributed by atoms with Gasteiger partial charge in [-0.3, -0.25) is 0 Å². The largest absolute Gasteiger partial charge is 1.00 e. The zero-order valence-electron chi connectivity index (χ0n) is 17.0. The molecule has 0 N–H and O–H groups in total. The van der Waals surface area contributed by atoms with E-state index in [1.807, 2.05) is 24.3 Å². The van der Waals surface area contributed by atoms with E-state index in [0.717, 1.165) is 6.42 Å². The summed E-state index contributed by atoms with van der Waals surface area (Å²) < 4.78 is 38.9. The standard InChI is InChI=1S/C22H30O4S.K/c1-2-3-4-5-6-7-8-9-11-19-14-16-20(17-15-19)26-21-12-10-13-22(18-21)27(23,24)25;/h10,12-18H,2-9,11H2,1H3,(H,23,24,25);/q;+1/p-1. The van der Waals surface area contributed by atoms with Crippen molar-refractivity contribution in [2.45, 2.75) is 69.6 Å². The number of aryl methyl sites for hydroxylation is 1. The molecule has 28 heavy (non-hydrogen) atoms. The summed E-state index contributed by atoms with van der Waals surface area (Å²) in [5.41, 5.74) is 1.27.